The second-order valence-corrected chi connectivity index (χ2v) is 6.72. The first-order valence-electron chi connectivity index (χ1n) is 9.58. The van der Waals surface area contributed by atoms with Crippen molar-refractivity contribution in [3.8, 4) is 11.6 Å². The van der Waals surface area contributed by atoms with Crippen LogP contribution in [0.3, 0.4) is 0 Å². The number of hydrogen-bond donors (Lipinski definition) is 0. The molecule has 0 bridgehead atoms. The topological polar surface area (TPSA) is 73.1 Å². The number of hydrogen-bond acceptors (Lipinski definition) is 5. The minimum atomic E-state index is -0.0760. The van der Waals surface area contributed by atoms with Crippen LogP contribution in [0.5, 0.6) is 5.75 Å². The third kappa shape index (κ3) is 3.74. The van der Waals surface area contributed by atoms with Crippen LogP contribution in [0.15, 0.2) is 55.1 Å². The van der Waals surface area contributed by atoms with Gasteiger partial charge in [-0.15, -0.1) is 0 Å². The highest BCUT2D eigenvalue weighted by molar-refractivity contribution is 5.78. The first kappa shape index (κ1) is 18.2. The molecule has 0 spiro atoms. The number of para-hydroxylation sites is 1. The third-order valence-corrected chi connectivity index (χ3v) is 4.94. The number of amides is 1. The Labute approximate surface area is 164 Å². The quantitative estimate of drug-likeness (QED) is 0.660. The molecule has 0 saturated carbocycles. The number of benzene rings is 1. The molecular weight excluding hydrogens is 354 g/mol. The van der Waals surface area contributed by atoms with E-state index in [1.165, 1.54) is 0 Å². The molecule has 3 heterocycles. The number of aryl methyl sites for hydroxylation is 1. The molecular formula is C21H23N5O2. The highest BCUT2D eigenvalue weighted by Gasteiger charge is 2.31. The average Bonchev–Trinajstić information content (AvgIpc) is 3.42. The number of ether oxygens (including phenoxy) is 1. The van der Waals surface area contributed by atoms with E-state index in [9.17, 15) is 4.79 Å². The molecule has 1 aliphatic rings. The maximum Gasteiger partial charge on any atom is 0.261 e. The summed E-state index contributed by atoms with van der Waals surface area (Å²) in [4.78, 5) is 28.1. The highest BCUT2D eigenvalue weighted by atomic mass is 16.5. The van der Waals surface area contributed by atoms with Crippen molar-refractivity contribution in [2.75, 3.05) is 13.2 Å². The van der Waals surface area contributed by atoms with Gasteiger partial charge in [-0.2, -0.15) is 0 Å². The van der Waals surface area contributed by atoms with Crippen molar-refractivity contribution < 1.29 is 9.53 Å². The van der Waals surface area contributed by atoms with Crippen LogP contribution in [-0.4, -0.2) is 43.5 Å². The number of carbonyl (C=O) groups is 1. The van der Waals surface area contributed by atoms with E-state index in [2.05, 4.69) is 16.9 Å². The zero-order chi connectivity index (χ0) is 19.3. The Hall–Kier alpha value is -3.22. The van der Waals surface area contributed by atoms with Gasteiger partial charge in [0.2, 0.25) is 0 Å². The molecule has 3 aromatic rings. The van der Waals surface area contributed by atoms with E-state index in [1.807, 2.05) is 46.0 Å². The van der Waals surface area contributed by atoms with Crippen LogP contribution in [0.1, 0.15) is 37.3 Å². The smallest absolute Gasteiger partial charge is 0.261 e. The molecule has 0 aliphatic carbocycles. The fourth-order valence-corrected chi connectivity index (χ4v) is 3.57. The number of aromatic nitrogens is 4. The van der Waals surface area contributed by atoms with Gasteiger partial charge in [0, 0.05) is 25.4 Å². The lowest BCUT2D eigenvalue weighted by Gasteiger charge is -2.24. The molecule has 0 N–H and O–H groups in total. The number of imidazole rings is 1. The van der Waals surface area contributed by atoms with Gasteiger partial charge < -0.3 is 9.64 Å². The Balaban J connectivity index is 1.50. The van der Waals surface area contributed by atoms with Crippen LogP contribution < -0.4 is 4.74 Å². The van der Waals surface area contributed by atoms with Crippen molar-refractivity contribution in [1.82, 2.24) is 24.4 Å². The minimum absolute atomic E-state index is 0.0230. The minimum Gasteiger partial charge on any atom is -0.484 e. The molecule has 0 radical (unpaired) electrons. The standard InChI is InChI=1S/C21H23N5O2/c1-2-19-23-10-12-26(19)20-14-22-13-17(24-20)18-9-6-11-25(18)21(27)15-28-16-7-4-3-5-8-16/h3-5,7-8,10,12-14,18H,2,6,9,11,15H2,1H3/t18-/m0/s1. The molecule has 2 aromatic heterocycles. The molecule has 144 valence electrons. The monoisotopic (exact) mass is 377 g/mol. The summed E-state index contributed by atoms with van der Waals surface area (Å²) < 4.78 is 7.58. The molecule has 1 aliphatic heterocycles. The first-order valence-corrected chi connectivity index (χ1v) is 9.58. The number of rotatable bonds is 6. The largest absolute Gasteiger partial charge is 0.484 e. The fraction of sp³-hybridized carbons (Fsp3) is 0.333. The van der Waals surface area contributed by atoms with E-state index >= 15 is 0 Å². The SMILES string of the molecule is CCc1nccn1-c1cncc([C@@H]2CCCN2C(=O)COc2ccccc2)n1. The Morgan fingerprint density at radius 2 is 2.11 bits per heavy atom. The van der Waals surface area contributed by atoms with Crippen molar-refractivity contribution in [3.63, 3.8) is 0 Å². The van der Waals surface area contributed by atoms with Crippen molar-refractivity contribution >= 4 is 5.91 Å². The summed E-state index contributed by atoms with van der Waals surface area (Å²) in [6.07, 6.45) is 9.75. The van der Waals surface area contributed by atoms with Gasteiger partial charge in [-0.3, -0.25) is 14.3 Å². The third-order valence-electron chi connectivity index (χ3n) is 4.94. The van der Waals surface area contributed by atoms with Crippen LogP contribution >= 0.6 is 0 Å². The molecule has 1 amide bonds. The first-order chi connectivity index (χ1) is 13.8. The van der Waals surface area contributed by atoms with Crippen molar-refractivity contribution in [1.29, 1.82) is 0 Å². The lowest BCUT2D eigenvalue weighted by Crippen LogP contribution is -2.35. The molecule has 0 unspecified atom stereocenters. The summed E-state index contributed by atoms with van der Waals surface area (Å²) in [5.41, 5.74) is 0.804. The summed E-state index contributed by atoms with van der Waals surface area (Å²) in [6, 6.07) is 9.31. The normalized spacial score (nSPS) is 16.3. The van der Waals surface area contributed by atoms with Crippen molar-refractivity contribution in [2.45, 2.75) is 32.2 Å². The molecule has 7 heteroatoms. The predicted octanol–water partition coefficient (Wildman–Crippen LogP) is 2.97. The van der Waals surface area contributed by atoms with E-state index in [1.54, 1.807) is 18.6 Å². The Kier molecular flexibility index (Phi) is 5.32. The molecule has 1 aromatic carbocycles. The van der Waals surface area contributed by atoms with Gasteiger partial charge in [-0.05, 0) is 25.0 Å². The van der Waals surface area contributed by atoms with Gasteiger partial charge in [0.15, 0.2) is 12.4 Å². The highest BCUT2D eigenvalue weighted by Crippen LogP contribution is 2.31. The maximum atomic E-state index is 12.8. The van der Waals surface area contributed by atoms with Gasteiger partial charge in [0.05, 0.1) is 24.1 Å². The lowest BCUT2D eigenvalue weighted by atomic mass is 10.1. The van der Waals surface area contributed by atoms with E-state index in [-0.39, 0.29) is 18.6 Å². The summed E-state index contributed by atoms with van der Waals surface area (Å²) in [5.74, 6) is 2.32. The lowest BCUT2D eigenvalue weighted by molar-refractivity contribution is -0.134. The Bertz CT molecular complexity index is 941. The van der Waals surface area contributed by atoms with Crippen LogP contribution in [0.2, 0.25) is 0 Å². The van der Waals surface area contributed by atoms with Gasteiger partial charge in [0.25, 0.3) is 5.91 Å². The van der Waals surface area contributed by atoms with Gasteiger partial charge >= 0.3 is 0 Å². The zero-order valence-electron chi connectivity index (χ0n) is 15.9. The van der Waals surface area contributed by atoms with E-state index in [4.69, 9.17) is 9.72 Å². The molecule has 28 heavy (non-hydrogen) atoms. The van der Waals surface area contributed by atoms with Gasteiger partial charge in [-0.1, -0.05) is 25.1 Å². The van der Waals surface area contributed by atoms with Crippen LogP contribution in [-0.2, 0) is 11.2 Å². The van der Waals surface area contributed by atoms with Crippen molar-refractivity contribution in [2.24, 2.45) is 0 Å². The average molecular weight is 377 g/mol. The summed E-state index contributed by atoms with van der Waals surface area (Å²) in [5, 5.41) is 0. The molecule has 4 rings (SSSR count). The van der Waals surface area contributed by atoms with E-state index in [0.29, 0.717) is 12.3 Å². The molecule has 7 nitrogen and oxygen atoms in total. The summed E-state index contributed by atoms with van der Waals surface area (Å²) >= 11 is 0. The fourth-order valence-electron chi connectivity index (χ4n) is 3.57. The second kappa shape index (κ2) is 8.21. The summed E-state index contributed by atoms with van der Waals surface area (Å²) in [6.45, 7) is 2.79. The zero-order valence-corrected chi connectivity index (χ0v) is 15.9. The predicted molar refractivity (Wildman–Crippen MR) is 104 cm³/mol. The van der Waals surface area contributed by atoms with E-state index < -0.39 is 0 Å². The van der Waals surface area contributed by atoms with Crippen molar-refractivity contribution in [3.05, 3.63) is 66.6 Å². The number of carbonyl (C=O) groups excluding carboxylic acids is 1. The Morgan fingerprint density at radius 3 is 2.93 bits per heavy atom. The summed E-state index contributed by atoms with van der Waals surface area (Å²) in [7, 11) is 0. The number of nitrogens with zero attached hydrogens (tertiary/aromatic N) is 5. The number of likely N-dealkylation sites (tertiary alicyclic amines) is 1. The van der Waals surface area contributed by atoms with Crippen LogP contribution in [0, 0.1) is 0 Å². The van der Waals surface area contributed by atoms with Gasteiger partial charge in [-0.25, -0.2) is 9.97 Å². The van der Waals surface area contributed by atoms with Crippen LogP contribution in [0.25, 0.3) is 5.82 Å². The second-order valence-electron chi connectivity index (χ2n) is 6.72. The van der Waals surface area contributed by atoms with Gasteiger partial charge in [0.1, 0.15) is 11.6 Å². The van der Waals surface area contributed by atoms with Crippen LogP contribution in [0.4, 0.5) is 0 Å². The molecule has 1 atom stereocenters. The molecule has 1 fully saturated rings. The van der Waals surface area contributed by atoms with E-state index in [0.717, 1.165) is 36.6 Å². The molecule has 1 saturated heterocycles. The maximum absolute atomic E-state index is 12.8. The Morgan fingerprint density at radius 1 is 1.25 bits per heavy atom.